The highest BCUT2D eigenvalue weighted by Gasteiger charge is 2.51. The van der Waals surface area contributed by atoms with E-state index in [9.17, 15) is 0 Å². The molecule has 0 saturated heterocycles. The Morgan fingerprint density at radius 1 is 0.620 bits per heavy atom. The Bertz CT molecular complexity index is 2160. The average molecular weight is 649 g/mol. The summed E-state index contributed by atoms with van der Waals surface area (Å²) >= 11 is 0. The maximum Gasteiger partial charge on any atom is 0.0594 e. The molecule has 0 bridgehead atoms. The monoisotopic (exact) mass is 648 g/mol. The van der Waals surface area contributed by atoms with Gasteiger partial charge in [0.15, 0.2) is 0 Å². The number of fused-ring (bicyclic) bond motifs is 3. The molecule has 2 heteroatoms. The third-order valence-corrected chi connectivity index (χ3v) is 11.8. The summed E-state index contributed by atoms with van der Waals surface area (Å²) in [7, 11) is 0. The summed E-state index contributed by atoms with van der Waals surface area (Å²) in [6, 6.07) is 46.7. The molecule has 0 N–H and O–H groups in total. The van der Waals surface area contributed by atoms with Crippen LogP contribution in [0.15, 0.2) is 169 Å². The van der Waals surface area contributed by atoms with E-state index in [4.69, 9.17) is 0 Å². The van der Waals surface area contributed by atoms with Crippen molar-refractivity contribution in [2.45, 2.75) is 57.4 Å². The minimum atomic E-state index is -0.0813. The van der Waals surface area contributed by atoms with E-state index >= 15 is 0 Å². The lowest BCUT2D eigenvalue weighted by atomic mass is 9.60. The summed E-state index contributed by atoms with van der Waals surface area (Å²) in [5, 5.41) is 0. The van der Waals surface area contributed by atoms with E-state index in [-0.39, 0.29) is 16.9 Å². The van der Waals surface area contributed by atoms with Crippen LogP contribution in [0.25, 0.3) is 16.7 Å². The van der Waals surface area contributed by atoms with Crippen molar-refractivity contribution in [3.05, 3.63) is 186 Å². The fourth-order valence-electron chi connectivity index (χ4n) is 9.07. The lowest BCUT2D eigenvalue weighted by molar-refractivity contribution is 0.322. The minimum Gasteiger partial charge on any atom is -0.337 e. The van der Waals surface area contributed by atoms with Crippen LogP contribution >= 0.6 is 0 Å². The van der Waals surface area contributed by atoms with Gasteiger partial charge in [0.1, 0.15) is 0 Å². The van der Waals surface area contributed by atoms with Gasteiger partial charge in [0.05, 0.1) is 6.04 Å². The van der Waals surface area contributed by atoms with Gasteiger partial charge in [-0.25, -0.2) is 0 Å². The molecule has 2 aliphatic carbocycles. The topological polar surface area (TPSA) is 6.48 Å². The first-order valence-corrected chi connectivity index (χ1v) is 18.2. The van der Waals surface area contributed by atoms with Gasteiger partial charge in [-0.15, -0.1) is 0 Å². The van der Waals surface area contributed by atoms with Crippen molar-refractivity contribution in [3.8, 4) is 11.1 Å². The van der Waals surface area contributed by atoms with Crippen LogP contribution in [-0.4, -0.2) is 6.04 Å². The van der Waals surface area contributed by atoms with E-state index in [2.05, 4.69) is 195 Å². The SMILES string of the molecule is CC1(C)C2=C(CCC=C2)N2c3c1cc(-c1ccccc1)cc3C(C)(C)C1C=C(c3ccc(N(c4ccccc4)c4ccccc4)cc3)C=CC12. The molecule has 9 rings (SSSR count). The van der Waals surface area contributed by atoms with Gasteiger partial charge in [0.2, 0.25) is 0 Å². The van der Waals surface area contributed by atoms with Gasteiger partial charge in [0.25, 0.3) is 0 Å². The van der Waals surface area contributed by atoms with Gasteiger partial charge in [-0.05, 0) is 100 Å². The van der Waals surface area contributed by atoms with E-state index in [1.54, 1.807) is 0 Å². The third kappa shape index (κ3) is 4.76. The maximum absolute atomic E-state index is 2.75. The number of nitrogens with zero attached hydrogens (tertiary/aromatic N) is 2. The fraction of sp³-hybridized carbons (Fsp3) is 0.208. The summed E-state index contributed by atoms with van der Waals surface area (Å²) in [5.74, 6) is 0.305. The van der Waals surface area contributed by atoms with Crippen molar-refractivity contribution in [1.29, 1.82) is 0 Å². The first kappa shape index (κ1) is 30.7. The molecular weight excluding hydrogens is 605 g/mol. The van der Waals surface area contributed by atoms with Crippen molar-refractivity contribution in [2.75, 3.05) is 9.80 Å². The van der Waals surface area contributed by atoms with Gasteiger partial charge in [-0.3, -0.25) is 0 Å². The van der Waals surface area contributed by atoms with Crippen LogP contribution in [0.4, 0.5) is 22.7 Å². The Hall–Kier alpha value is -5.34. The Labute approximate surface area is 297 Å². The van der Waals surface area contributed by atoms with Crippen LogP contribution in [0.3, 0.4) is 0 Å². The van der Waals surface area contributed by atoms with Crippen LogP contribution in [0, 0.1) is 5.92 Å². The first-order valence-electron chi connectivity index (χ1n) is 18.2. The van der Waals surface area contributed by atoms with Gasteiger partial charge in [0, 0.05) is 45.2 Å². The second-order valence-electron chi connectivity index (χ2n) is 15.4. The van der Waals surface area contributed by atoms with Crippen molar-refractivity contribution >= 4 is 28.3 Å². The molecule has 0 saturated carbocycles. The van der Waals surface area contributed by atoms with Gasteiger partial charge in [-0.1, -0.05) is 137 Å². The molecule has 0 spiro atoms. The Kier molecular flexibility index (Phi) is 7.14. The molecule has 2 nitrogen and oxygen atoms in total. The lowest BCUT2D eigenvalue weighted by Crippen LogP contribution is -2.54. The highest BCUT2D eigenvalue weighted by atomic mass is 15.2. The molecule has 5 aromatic rings. The van der Waals surface area contributed by atoms with E-state index in [0.29, 0.717) is 5.92 Å². The molecule has 0 amide bonds. The molecule has 50 heavy (non-hydrogen) atoms. The zero-order valence-corrected chi connectivity index (χ0v) is 29.5. The van der Waals surface area contributed by atoms with E-state index in [0.717, 1.165) is 29.9 Å². The average Bonchev–Trinajstić information content (AvgIpc) is 3.16. The number of anilines is 4. The van der Waals surface area contributed by atoms with Crippen LogP contribution in [0.1, 0.15) is 57.2 Å². The molecule has 0 radical (unpaired) electrons. The highest BCUT2D eigenvalue weighted by molar-refractivity contribution is 5.85. The third-order valence-electron chi connectivity index (χ3n) is 11.8. The van der Waals surface area contributed by atoms with Gasteiger partial charge >= 0.3 is 0 Å². The van der Waals surface area contributed by atoms with Crippen LogP contribution in [-0.2, 0) is 10.8 Å². The number of benzene rings is 5. The first-order chi connectivity index (χ1) is 24.3. The quantitative estimate of drug-likeness (QED) is 0.187. The zero-order valence-electron chi connectivity index (χ0n) is 29.5. The van der Waals surface area contributed by atoms with Crippen molar-refractivity contribution in [3.63, 3.8) is 0 Å². The normalized spacial score (nSPS) is 20.8. The number of allylic oxidation sites excluding steroid dienone is 6. The smallest absolute Gasteiger partial charge is 0.0594 e. The molecule has 5 aromatic carbocycles. The minimum absolute atomic E-state index is 0.0744. The zero-order chi connectivity index (χ0) is 34.0. The summed E-state index contributed by atoms with van der Waals surface area (Å²) in [4.78, 5) is 5.08. The van der Waals surface area contributed by atoms with Gasteiger partial charge < -0.3 is 9.80 Å². The maximum atomic E-state index is 2.75. The number of hydrogen-bond acceptors (Lipinski definition) is 2. The highest BCUT2D eigenvalue weighted by Crippen LogP contribution is 2.59. The second-order valence-corrected chi connectivity index (χ2v) is 15.4. The van der Waals surface area contributed by atoms with Crippen LogP contribution in [0.2, 0.25) is 0 Å². The summed E-state index contributed by atoms with van der Waals surface area (Å²) < 4.78 is 0. The van der Waals surface area contributed by atoms with Crippen molar-refractivity contribution in [1.82, 2.24) is 0 Å². The predicted molar refractivity (Wildman–Crippen MR) is 211 cm³/mol. The molecule has 0 fully saturated rings. The molecule has 0 aromatic heterocycles. The van der Waals surface area contributed by atoms with Crippen LogP contribution < -0.4 is 9.80 Å². The van der Waals surface area contributed by atoms with E-state index < -0.39 is 0 Å². The molecule has 246 valence electrons. The number of rotatable bonds is 5. The lowest BCUT2D eigenvalue weighted by Gasteiger charge is -2.57. The molecule has 2 aliphatic heterocycles. The van der Waals surface area contributed by atoms with Crippen molar-refractivity contribution < 1.29 is 0 Å². The standard InChI is InChI=1S/C48H44N2/c1-47(2)40-22-14-15-23-44(40)50-45-29-26-35(30-41(45)48(3,4)43-32-36(31-42(47)46(43)50)33-16-8-5-9-17-33)34-24-27-39(28-25-34)49(37-18-10-6-11-19-37)38-20-12-7-13-21-38/h5-14,16-22,24-32,41,45H,15,23H2,1-4H3. The predicted octanol–water partition coefficient (Wildman–Crippen LogP) is 12.5. The Morgan fingerprint density at radius 2 is 1.22 bits per heavy atom. The van der Waals surface area contributed by atoms with E-state index in [1.165, 1.54) is 50.3 Å². The van der Waals surface area contributed by atoms with E-state index in [1.807, 2.05) is 0 Å². The molecular formula is C48H44N2. The molecule has 2 atom stereocenters. The van der Waals surface area contributed by atoms with Crippen molar-refractivity contribution in [2.24, 2.45) is 5.92 Å². The fourth-order valence-corrected chi connectivity index (χ4v) is 9.07. The number of hydrogen-bond donors (Lipinski definition) is 0. The summed E-state index contributed by atoms with van der Waals surface area (Å²) in [6.45, 7) is 9.85. The molecule has 4 aliphatic rings. The molecule has 2 heterocycles. The summed E-state index contributed by atoms with van der Waals surface area (Å²) in [6.07, 6.45) is 14.5. The second kappa shape index (κ2) is 11.6. The Morgan fingerprint density at radius 3 is 1.88 bits per heavy atom. The molecule has 2 unspecified atom stereocenters. The summed E-state index contributed by atoms with van der Waals surface area (Å²) in [5.41, 5.74) is 15.8. The largest absolute Gasteiger partial charge is 0.337 e. The van der Waals surface area contributed by atoms with Crippen LogP contribution in [0.5, 0.6) is 0 Å². The van der Waals surface area contributed by atoms with Gasteiger partial charge in [-0.2, -0.15) is 0 Å². The number of para-hydroxylation sites is 2. The Balaban J connectivity index is 1.15.